The van der Waals surface area contributed by atoms with Crippen molar-refractivity contribution in [3.05, 3.63) is 59.4 Å². The molecule has 20 heavy (non-hydrogen) atoms. The van der Waals surface area contributed by atoms with Gasteiger partial charge in [-0.15, -0.1) is 0 Å². The highest BCUT2D eigenvalue weighted by atomic mass is 35.5. The van der Waals surface area contributed by atoms with E-state index in [0.29, 0.717) is 18.2 Å². The van der Waals surface area contributed by atoms with Gasteiger partial charge in [0.05, 0.1) is 12.1 Å². The van der Waals surface area contributed by atoms with Gasteiger partial charge in [-0.05, 0) is 17.7 Å². The van der Waals surface area contributed by atoms with Crippen molar-refractivity contribution in [1.82, 2.24) is 4.98 Å². The SMILES string of the molecule is O=C(O)CCN(Cc1ccccc1)c1cccnc1Cl. The van der Waals surface area contributed by atoms with Gasteiger partial charge in [0.1, 0.15) is 0 Å². The van der Waals surface area contributed by atoms with Gasteiger partial charge >= 0.3 is 5.97 Å². The van der Waals surface area contributed by atoms with Crippen LogP contribution in [0.1, 0.15) is 12.0 Å². The Hall–Kier alpha value is -2.07. The van der Waals surface area contributed by atoms with Crippen LogP contribution in [-0.4, -0.2) is 22.6 Å². The number of nitrogens with zero attached hydrogens (tertiary/aromatic N) is 2. The Morgan fingerprint density at radius 1 is 1.20 bits per heavy atom. The Kier molecular flexibility index (Phi) is 4.96. The molecule has 0 aliphatic rings. The van der Waals surface area contributed by atoms with Crippen LogP contribution in [0.3, 0.4) is 0 Å². The molecule has 1 heterocycles. The average Bonchev–Trinajstić information content (AvgIpc) is 2.45. The molecule has 0 unspecified atom stereocenters. The first-order valence-electron chi connectivity index (χ1n) is 6.28. The number of carboxylic acids is 1. The second-order valence-corrected chi connectivity index (χ2v) is 4.72. The maximum atomic E-state index is 10.8. The summed E-state index contributed by atoms with van der Waals surface area (Å²) >= 11 is 6.10. The molecule has 0 saturated carbocycles. The summed E-state index contributed by atoms with van der Waals surface area (Å²) in [5.74, 6) is -0.830. The van der Waals surface area contributed by atoms with Gasteiger partial charge in [0, 0.05) is 19.3 Å². The van der Waals surface area contributed by atoms with Gasteiger partial charge in [-0.2, -0.15) is 0 Å². The van der Waals surface area contributed by atoms with E-state index in [-0.39, 0.29) is 6.42 Å². The van der Waals surface area contributed by atoms with Crippen LogP contribution in [0, 0.1) is 0 Å². The van der Waals surface area contributed by atoms with Gasteiger partial charge in [0.2, 0.25) is 0 Å². The van der Waals surface area contributed by atoms with Gasteiger partial charge in [-0.1, -0.05) is 41.9 Å². The molecule has 0 radical (unpaired) electrons. The molecule has 1 aromatic heterocycles. The molecule has 4 nitrogen and oxygen atoms in total. The molecule has 0 bridgehead atoms. The first-order chi connectivity index (χ1) is 9.66. The minimum Gasteiger partial charge on any atom is -0.481 e. The number of carboxylic acid groups (broad SMARTS) is 1. The number of aliphatic carboxylic acids is 1. The lowest BCUT2D eigenvalue weighted by Crippen LogP contribution is -2.26. The Balaban J connectivity index is 2.20. The summed E-state index contributed by atoms with van der Waals surface area (Å²) in [5, 5.41) is 9.25. The Morgan fingerprint density at radius 2 is 1.95 bits per heavy atom. The molecular formula is C15H15ClN2O2. The lowest BCUT2D eigenvalue weighted by Gasteiger charge is -2.24. The number of benzene rings is 1. The number of halogens is 1. The van der Waals surface area contributed by atoms with Crippen LogP contribution in [0.2, 0.25) is 5.15 Å². The van der Waals surface area contributed by atoms with E-state index in [1.54, 1.807) is 12.3 Å². The van der Waals surface area contributed by atoms with Crippen LogP contribution in [-0.2, 0) is 11.3 Å². The maximum Gasteiger partial charge on any atom is 0.305 e. The van der Waals surface area contributed by atoms with E-state index in [4.69, 9.17) is 16.7 Å². The molecule has 104 valence electrons. The van der Waals surface area contributed by atoms with Crippen molar-refractivity contribution in [2.24, 2.45) is 0 Å². The molecule has 0 aliphatic carbocycles. The van der Waals surface area contributed by atoms with Crippen molar-refractivity contribution in [2.75, 3.05) is 11.4 Å². The normalized spacial score (nSPS) is 10.2. The highest BCUT2D eigenvalue weighted by molar-refractivity contribution is 6.32. The van der Waals surface area contributed by atoms with Gasteiger partial charge in [0.15, 0.2) is 5.15 Å². The van der Waals surface area contributed by atoms with E-state index in [9.17, 15) is 4.79 Å². The monoisotopic (exact) mass is 290 g/mol. The molecule has 0 saturated heterocycles. The van der Waals surface area contributed by atoms with Crippen LogP contribution in [0.4, 0.5) is 5.69 Å². The molecule has 0 amide bonds. The number of anilines is 1. The highest BCUT2D eigenvalue weighted by Crippen LogP contribution is 2.24. The summed E-state index contributed by atoms with van der Waals surface area (Å²) in [6, 6.07) is 13.5. The minimum atomic E-state index is -0.830. The maximum absolute atomic E-state index is 10.8. The molecule has 0 atom stereocenters. The van der Waals surface area contributed by atoms with Crippen molar-refractivity contribution in [1.29, 1.82) is 0 Å². The first kappa shape index (κ1) is 14.3. The molecule has 1 aromatic carbocycles. The van der Waals surface area contributed by atoms with Crippen LogP contribution in [0.25, 0.3) is 0 Å². The summed E-state index contributed by atoms with van der Waals surface area (Å²) < 4.78 is 0. The average molecular weight is 291 g/mol. The Morgan fingerprint density at radius 3 is 2.60 bits per heavy atom. The van der Waals surface area contributed by atoms with E-state index < -0.39 is 5.97 Å². The van der Waals surface area contributed by atoms with Gasteiger partial charge in [-0.25, -0.2) is 4.98 Å². The largest absolute Gasteiger partial charge is 0.481 e. The zero-order chi connectivity index (χ0) is 14.4. The third-order valence-electron chi connectivity index (χ3n) is 2.89. The zero-order valence-electron chi connectivity index (χ0n) is 10.9. The fourth-order valence-corrected chi connectivity index (χ4v) is 2.17. The fourth-order valence-electron chi connectivity index (χ4n) is 1.93. The van der Waals surface area contributed by atoms with Crippen LogP contribution >= 0.6 is 11.6 Å². The summed E-state index contributed by atoms with van der Waals surface area (Å²) in [6.07, 6.45) is 1.67. The molecular weight excluding hydrogens is 276 g/mol. The van der Waals surface area contributed by atoms with Gasteiger partial charge in [-0.3, -0.25) is 4.79 Å². The van der Waals surface area contributed by atoms with Gasteiger partial charge < -0.3 is 10.0 Å². The topological polar surface area (TPSA) is 53.4 Å². The molecule has 2 aromatic rings. The standard InChI is InChI=1S/C15H15ClN2O2/c16-15-13(7-4-9-17-15)18(10-8-14(19)20)11-12-5-2-1-3-6-12/h1-7,9H,8,10-11H2,(H,19,20). The summed E-state index contributed by atoms with van der Waals surface area (Å²) in [4.78, 5) is 16.8. The van der Waals surface area contributed by atoms with Crippen molar-refractivity contribution in [2.45, 2.75) is 13.0 Å². The Labute approximate surface area is 122 Å². The molecule has 0 spiro atoms. The zero-order valence-corrected chi connectivity index (χ0v) is 11.6. The third-order valence-corrected chi connectivity index (χ3v) is 3.18. The quantitative estimate of drug-likeness (QED) is 0.830. The molecule has 2 rings (SSSR count). The van der Waals surface area contributed by atoms with E-state index >= 15 is 0 Å². The number of carbonyl (C=O) groups is 1. The molecule has 0 fully saturated rings. The lowest BCUT2D eigenvalue weighted by molar-refractivity contribution is -0.136. The second kappa shape index (κ2) is 6.91. The highest BCUT2D eigenvalue weighted by Gasteiger charge is 2.13. The Bertz CT molecular complexity index is 575. The summed E-state index contributed by atoms with van der Waals surface area (Å²) in [5.41, 5.74) is 1.84. The second-order valence-electron chi connectivity index (χ2n) is 4.36. The minimum absolute atomic E-state index is 0.0536. The number of aromatic nitrogens is 1. The van der Waals surface area contributed by atoms with E-state index in [2.05, 4.69) is 4.98 Å². The lowest BCUT2D eigenvalue weighted by atomic mass is 10.2. The van der Waals surface area contributed by atoms with Crippen LogP contribution < -0.4 is 4.90 Å². The number of hydrogen-bond donors (Lipinski definition) is 1. The van der Waals surface area contributed by atoms with Crippen molar-refractivity contribution >= 4 is 23.3 Å². The van der Waals surface area contributed by atoms with E-state index in [1.165, 1.54) is 0 Å². The van der Waals surface area contributed by atoms with Crippen molar-refractivity contribution in [3.8, 4) is 0 Å². The number of rotatable bonds is 6. The number of hydrogen-bond acceptors (Lipinski definition) is 3. The van der Waals surface area contributed by atoms with Crippen LogP contribution in [0.5, 0.6) is 0 Å². The molecule has 1 N–H and O–H groups in total. The van der Waals surface area contributed by atoms with Crippen molar-refractivity contribution < 1.29 is 9.90 Å². The van der Waals surface area contributed by atoms with Crippen LogP contribution in [0.15, 0.2) is 48.7 Å². The van der Waals surface area contributed by atoms with E-state index in [0.717, 1.165) is 11.3 Å². The predicted octanol–water partition coefficient (Wildman–Crippen LogP) is 3.22. The van der Waals surface area contributed by atoms with E-state index in [1.807, 2.05) is 41.3 Å². The summed E-state index contributed by atoms with van der Waals surface area (Å²) in [6.45, 7) is 0.981. The smallest absolute Gasteiger partial charge is 0.305 e. The van der Waals surface area contributed by atoms with Gasteiger partial charge in [0.25, 0.3) is 0 Å². The van der Waals surface area contributed by atoms with Crippen molar-refractivity contribution in [3.63, 3.8) is 0 Å². The molecule has 5 heteroatoms. The predicted molar refractivity (Wildman–Crippen MR) is 79.0 cm³/mol. The molecule has 0 aliphatic heterocycles. The fraction of sp³-hybridized carbons (Fsp3) is 0.200. The number of pyridine rings is 1. The first-order valence-corrected chi connectivity index (χ1v) is 6.66. The third kappa shape index (κ3) is 3.96. The summed E-state index contributed by atoms with van der Waals surface area (Å²) in [7, 11) is 0.